The van der Waals surface area contributed by atoms with Gasteiger partial charge in [-0.05, 0) is 0 Å². The first-order chi connectivity index (χ1) is 12.2. The highest BCUT2D eigenvalue weighted by Gasteiger charge is 2.22. The molecule has 4 heterocycles. The summed E-state index contributed by atoms with van der Waals surface area (Å²) in [7, 11) is 1.59. The summed E-state index contributed by atoms with van der Waals surface area (Å²) in [5.74, 6) is 2.02. The van der Waals surface area contributed by atoms with Crippen LogP contribution in [0.3, 0.4) is 0 Å². The van der Waals surface area contributed by atoms with Gasteiger partial charge in [0.1, 0.15) is 5.52 Å². The number of H-pyrrole nitrogens is 1. The van der Waals surface area contributed by atoms with E-state index in [1.165, 1.54) is 0 Å². The third kappa shape index (κ3) is 3.43. The molecule has 3 aromatic heterocycles. The minimum absolute atomic E-state index is 0.195. The highest BCUT2D eigenvalue weighted by molar-refractivity contribution is 7.90. The van der Waals surface area contributed by atoms with Crippen LogP contribution in [0.5, 0.6) is 5.75 Å². The van der Waals surface area contributed by atoms with E-state index in [1.54, 1.807) is 24.6 Å². The molecule has 1 fully saturated rings. The van der Waals surface area contributed by atoms with Gasteiger partial charge in [-0.2, -0.15) is 4.98 Å². The average Bonchev–Trinajstić information content (AvgIpc) is 3.24. The molecule has 1 atom stereocenters. The van der Waals surface area contributed by atoms with E-state index in [0.29, 0.717) is 35.8 Å². The minimum Gasteiger partial charge on any atom is -0.609 e. The van der Waals surface area contributed by atoms with Gasteiger partial charge in [0.25, 0.3) is 0 Å². The molecule has 1 aliphatic heterocycles. The van der Waals surface area contributed by atoms with E-state index < -0.39 is 11.2 Å². The van der Waals surface area contributed by atoms with Gasteiger partial charge in [0.2, 0.25) is 0 Å². The maximum absolute atomic E-state index is 12.6. The van der Waals surface area contributed by atoms with Gasteiger partial charge in [-0.3, -0.25) is 4.98 Å². The first kappa shape index (κ1) is 16.6. The van der Waals surface area contributed by atoms with Crippen molar-refractivity contribution in [2.75, 3.05) is 38.3 Å². The summed E-state index contributed by atoms with van der Waals surface area (Å²) in [6.45, 7) is 2.78. The Labute approximate surface area is 151 Å². The van der Waals surface area contributed by atoms with Gasteiger partial charge in [-0.15, -0.1) is 11.3 Å². The van der Waals surface area contributed by atoms with Crippen molar-refractivity contribution in [3.05, 3.63) is 22.8 Å². The number of nitrogens with zero attached hydrogens (tertiary/aromatic N) is 4. The van der Waals surface area contributed by atoms with Crippen molar-refractivity contribution in [1.29, 1.82) is 0 Å². The fraction of sp³-hybridized carbons (Fsp3) is 0.400. The Morgan fingerprint density at radius 2 is 2.20 bits per heavy atom. The van der Waals surface area contributed by atoms with Crippen LogP contribution in [0.1, 0.15) is 5.82 Å². The van der Waals surface area contributed by atoms with Crippen LogP contribution >= 0.6 is 11.3 Å². The van der Waals surface area contributed by atoms with E-state index in [4.69, 9.17) is 9.47 Å². The second-order valence-electron chi connectivity index (χ2n) is 5.48. The molecule has 0 aliphatic carbocycles. The quantitative estimate of drug-likeness (QED) is 0.672. The number of imidazole rings is 1. The van der Waals surface area contributed by atoms with Crippen LogP contribution in [0, 0.1) is 0 Å². The molecule has 4 rings (SSSR count). The molecule has 0 radical (unpaired) electrons. The molecule has 0 bridgehead atoms. The highest BCUT2D eigenvalue weighted by atomic mass is 32.2. The highest BCUT2D eigenvalue weighted by Crippen LogP contribution is 2.27. The number of nitrogens with one attached hydrogen (secondary N) is 1. The Morgan fingerprint density at radius 1 is 1.36 bits per heavy atom. The van der Waals surface area contributed by atoms with Crippen LogP contribution in [0.15, 0.2) is 22.1 Å². The number of hydrogen-bond acceptors (Lipinski definition) is 8. The fourth-order valence-electron chi connectivity index (χ4n) is 2.63. The smallest absolute Gasteiger partial charge is 0.322 e. The number of morpholine rings is 1. The summed E-state index contributed by atoms with van der Waals surface area (Å²) in [5.41, 5.74) is 1.73. The second-order valence-corrected chi connectivity index (χ2v) is 7.59. The molecule has 10 heteroatoms. The number of anilines is 1. The van der Waals surface area contributed by atoms with Crippen molar-refractivity contribution in [2.24, 2.45) is 0 Å². The van der Waals surface area contributed by atoms with Gasteiger partial charge in [-0.1, -0.05) is 0 Å². The van der Waals surface area contributed by atoms with E-state index in [0.717, 1.165) is 24.1 Å². The number of thiophene rings is 1. The molecule has 0 aromatic carbocycles. The molecule has 3 aromatic rings. The van der Waals surface area contributed by atoms with Crippen molar-refractivity contribution in [3.63, 3.8) is 0 Å². The third-order valence-electron chi connectivity index (χ3n) is 3.90. The van der Waals surface area contributed by atoms with E-state index >= 15 is 0 Å². The van der Waals surface area contributed by atoms with Gasteiger partial charge in [0.15, 0.2) is 23.1 Å². The summed E-state index contributed by atoms with van der Waals surface area (Å²) in [5, 5.41) is 4.32. The molecule has 0 amide bonds. The lowest BCUT2D eigenvalue weighted by Crippen LogP contribution is -2.37. The zero-order valence-corrected chi connectivity index (χ0v) is 15.2. The van der Waals surface area contributed by atoms with E-state index in [1.807, 2.05) is 10.8 Å². The summed E-state index contributed by atoms with van der Waals surface area (Å²) in [6.07, 6.45) is 1.63. The number of hydrogen-bond donors (Lipinski definition) is 1. The standard InChI is InChI=1S/C15H17N5O3S2/c1-22-12-6-16-13(19-14(12)20-2-4-23-5-3-20)9-25(21)15-17-10-7-24-8-11(10)18-15/h6-8H,2-5,9H2,1H3,(H,17,18). The lowest BCUT2D eigenvalue weighted by atomic mass is 10.4. The van der Waals surface area contributed by atoms with Crippen LogP contribution in [0.25, 0.3) is 11.0 Å². The molecule has 0 spiro atoms. The number of ether oxygens (including phenoxy) is 2. The molecule has 25 heavy (non-hydrogen) atoms. The molecule has 1 N–H and O–H groups in total. The van der Waals surface area contributed by atoms with Gasteiger partial charge in [-0.25, -0.2) is 9.97 Å². The summed E-state index contributed by atoms with van der Waals surface area (Å²) in [4.78, 5) is 18.4. The van der Waals surface area contributed by atoms with Gasteiger partial charge < -0.3 is 18.9 Å². The maximum Gasteiger partial charge on any atom is 0.322 e. The van der Waals surface area contributed by atoms with Crippen LogP contribution in [0.4, 0.5) is 5.82 Å². The minimum atomic E-state index is -1.34. The van der Waals surface area contributed by atoms with E-state index in [9.17, 15) is 4.55 Å². The summed E-state index contributed by atoms with van der Waals surface area (Å²) >= 11 is 0.221. The SMILES string of the molecule is COc1cnc(C[S+]([O-])c2nc3cscc3[nH]2)nc1N1CCOCC1. The first-order valence-corrected chi connectivity index (χ1v) is 10.0. The number of fused-ring (bicyclic) bond motifs is 1. The number of rotatable bonds is 5. The topological polar surface area (TPSA) is 99.2 Å². The van der Waals surface area contributed by atoms with Crippen LogP contribution in [0.2, 0.25) is 0 Å². The Balaban J connectivity index is 1.56. The zero-order chi connectivity index (χ0) is 17.2. The molecule has 0 saturated carbocycles. The normalized spacial score (nSPS) is 16.3. The van der Waals surface area contributed by atoms with Crippen molar-refractivity contribution >= 4 is 39.4 Å². The lowest BCUT2D eigenvalue weighted by molar-refractivity contribution is 0.122. The Bertz CT molecular complexity index is 833. The first-order valence-electron chi connectivity index (χ1n) is 7.77. The van der Waals surface area contributed by atoms with Crippen molar-refractivity contribution in [1.82, 2.24) is 19.9 Å². The lowest BCUT2D eigenvalue weighted by Gasteiger charge is -2.28. The second kappa shape index (κ2) is 7.16. The van der Waals surface area contributed by atoms with Crippen LogP contribution < -0.4 is 9.64 Å². The molecule has 1 saturated heterocycles. The Hall–Kier alpha value is -1.88. The van der Waals surface area contributed by atoms with Crippen LogP contribution in [-0.2, 0) is 21.7 Å². The Kier molecular flexibility index (Phi) is 4.75. The van der Waals surface area contributed by atoms with Crippen LogP contribution in [-0.4, -0.2) is 57.9 Å². The Morgan fingerprint density at radius 3 is 2.96 bits per heavy atom. The molecule has 1 aliphatic rings. The van der Waals surface area contributed by atoms with Gasteiger partial charge in [0, 0.05) is 35.0 Å². The predicted molar refractivity (Wildman–Crippen MR) is 95.7 cm³/mol. The van der Waals surface area contributed by atoms with E-state index in [2.05, 4.69) is 24.8 Å². The van der Waals surface area contributed by atoms with Crippen molar-refractivity contribution < 1.29 is 14.0 Å². The largest absolute Gasteiger partial charge is 0.609 e. The predicted octanol–water partition coefficient (Wildman–Crippen LogP) is 1.57. The van der Waals surface area contributed by atoms with Gasteiger partial charge in [0.05, 0.1) is 32.0 Å². The number of aromatic nitrogens is 4. The summed E-state index contributed by atoms with van der Waals surface area (Å²) < 4.78 is 23.4. The van der Waals surface area contributed by atoms with Crippen molar-refractivity contribution in [3.8, 4) is 5.75 Å². The molecule has 1 unspecified atom stereocenters. The van der Waals surface area contributed by atoms with Gasteiger partial charge >= 0.3 is 5.16 Å². The summed E-state index contributed by atoms with van der Waals surface area (Å²) in [6, 6.07) is 0. The third-order valence-corrected chi connectivity index (χ3v) is 5.77. The fourth-order valence-corrected chi connectivity index (χ4v) is 4.26. The molecule has 8 nitrogen and oxygen atoms in total. The van der Waals surface area contributed by atoms with E-state index in [-0.39, 0.29) is 5.75 Å². The maximum atomic E-state index is 12.6. The molecule has 132 valence electrons. The number of methoxy groups -OCH3 is 1. The zero-order valence-electron chi connectivity index (χ0n) is 13.6. The van der Waals surface area contributed by atoms with Crippen molar-refractivity contribution in [2.45, 2.75) is 10.9 Å². The molecular weight excluding hydrogens is 362 g/mol. The molecular formula is C15H17N5O3S2. The number of aromatic amines is 1. The average molecular weight is 379 g/mol. The monoisotopic (exact) mass is 379 g/mol.